The molecule has 0 saturated carbocycles. The first-order valence-corrected chi connectivity index (χ1v) is 9.07. The normalized spacial score (nSPS) is 22.8. The van der Waals surface area contributed by atoms with Crippen LogP contribution in [0, 0.1) is 13.8 Å². The fraction of sp³-hybridized carbons (Fsp3) is 0.600. The molecule has 3 rings (SSSR count). The molecule has 0 aliphatic carbocycles. The van der Waals surface area contributed by atoms with Gasteiger partial charge in [-0.15, -0.1) is 0 Å². The Morgan fingerprint density at radius 3 is 1.67 bits per heavy atom. The van der Waals surface area contributed by atoms with Crippen LogP contribution in [0.25, 0.3) is 0 Å². The summed E-state index contributed by atoms with van der Waals surface area (Å²) in [6.45, 7) is 10.1. The molecule has 1 aromatic carbocycles. The Morgan fingerprint density at radius 1 is 0.833 bits per heavy atom. The van der Waals surface area contributed by atoms with E-state index in [4.69, 9.17) is 9.47 Å². The average molecular weight is 328 g/mol. The van der Waals surface area contributed by atoms with Gasteiger partial charge in [-0.1, -0.05) is 26.0 Å². The zero-order valence-electron chi connectivity index (χ0n) is 15.3. The van der Waals surface area contributed by atoms with E-state index < -0.39 is 0 Å². The van der Waals surface area contributed by atoms with E-state index in [9.17, 15) is 0 Å². The Morgan fingerprint density at radius 2 is 1.29 bits per heavy atom. The molecule has 0 bridgehead atoms. The third-order valence-electron chi connectivity index (χ3n) is 4.96. The van der Waals surface area contributed by atoms with Crippen molar-refractivity contribution in [1.29, 1.82) is 0 Å². The van der Waals surface area contributed by atoms with Gasteiger partial charge in [0.25, 0.3) is 0 Å². The van der Waals surface area contributed by atoms with Crippen molar-refractivity contribution in [3.8, 4) is 0 Å². The second kappa shape index (κ2) is 7.37. The standard InChI is InChI=1S/C20H28N2O2/c1-5-17-11-23-19(21-17)9-15-8-16(14(4)7-13(15)3)10-20-22-18(6-2)12-24-20/h7-8,17-18H,5-6,9-12H2,1-4H3/t17-,18-/m1/s1. The van der Waals surface area contributed by atoms with Crippen molar-refractivity contribution in [1.82, 2.24) is 0 Å². The van der Waals surface area contributed by atoms with E-state index in [1.807, 2.05) is 0 Å². The van der Waals surface area contributed by atoms with Gasteiger partial charge in [0.1, 0.15) is 13.2 Å². The van der Waals surface area contributed by atoms with Crippen molar-refractivity contribution in [3.63, 3.8) is 0 Å². The van der Waals surface area contributed by atoms with Crippen LogP contribution in [-0.4, -0.2) is 37.1 Å². The average Bonchev–Trinajstić information content (AvgIpc) is 3.21. The number of hydrogen-bond donors (Lipinski definition) is 0. The Balaban J connectivity index is 1.76. The van der Waals surface area contributed by atoms with Crippen molar-refractivity contribution >= 4 is 11.8 Å². The summed E-state index contributed by atoms with van der Waals surface area (Å²) < 4.78 is 11.5. The van der Waals surface area contributed by atoms with Crippen molar-refractivity contribution in [2.75, 3.05) is 13.2 Å². The lowest BCUT2D eigenvalue weighted by Crippen LogP contribution is -2.09. The zero-order chi connectivity index (χ0) is 17.1. The number of aliphatic imine (C=N–C) groups is 2. The molecule has 24 heavy (non-hydrogen) atoms. The maximum atomic E-state index is 5.75. The minimum atomic E-state index is 0.331. The second-order valence-electron chi connectivity index (χ2n) is 6.85. The highest BCUT2D eigenvalue weighted by atomic mass is 16.5. The minimum Gasteiger partial charge on any atom is -0.478 e. The number of hydrogen-bond acceptors (Lipinski definition) is 4. The van der Waals surface area contributed by atoms with Crippen molar-refractivity contribution in [3.05, 3.63) is 34.4 Å². The lowest BCUT2D eigenvalue weighted by molar-refractivity contribution is 0.309. The maximum absolute atomic E-state index is 5.75. The molecule has 2 aliphatic heterocycles. The minimum absolute atomic E-state index is 0.331. The number of benzene rings is 1. The summed E-state index contributed by atoms with van der Waals surface area (Å²) in [5, 5.41) is 0. The molecular formula is C20H28N2O2. The third-order valence-corrected chi connectivity index (χ3v) is 4.96. The van der Waals surface area contributed by atoms with Gasteiger partial charge in [0.05, 0.1) is 12.1 Å². The summed E-state index contributed by atoms with van der Waals surface area (Å²) in [6, 6.07) is 5.19. The molecule has 0 amide bonds. The fourth-order valence-corrected chi connectivity index (χ4v) is 3.21. The number of aryl methyl sites for hydroxylation is 2. The van der Waals surface area contributed by atoms with Gasteiger partial charge in [0.15, 0.2) is 11.8 Å². The van der Waals surface area contributed by atoms with Gasteiger partial charge in [-0.25, -0.2) is 9.98 Å². The Labute approximate surface area is 145 Å². The van der Waals surface area contributed by atoms with Gasteiger partial charge in [0, 0.05) is 12.8 Å². The lowest BCUT2D eigenvalue weighted by Gasteiger charge is -2.12. The molecule has 4 heteroatoms. The van der Waals surface area contributed by atoms with E-state index >= 15 is 0 Å². The first-order chi connectivity index (χ1) is 11.6. The first kappa shape index (κ1) is 17.0. The molecule has 4 nitrogen and oxygen atoms in total. The van der Waals surface area contributed by atoms with Crippen LogP contribution in [0.3, 0.4) is 0 Å². The summed E-state index contributed by atoms with van der Waals surface area (Å²) in [5.41, 5.74) is 5.17. The SMILES string of the molecule is CC[C@@H]1COC(Cc2cc(CC3=N[C@H](CC)CO3)c(C)cc2C)=N1. The van der Waals surface area contributed by atoms with E-state index in [1.165, 1.54) is 22.3 Å². The van der Waals surface area contributed by atoms with Gasteiger partial charge >= 0.3 is 0 Å². The van der Waals surface area contributed by atoms with E-state index in [0.717, 1.165) is 50.7 Å². The molecule has 1 aromatic rings. The molecule has 2 aliphatic rings. The predicted octanol–water partition coefficient (Wildman–Crippen LogP) is 3.80. The van der Waals surface area contributed by atoms with Crippen LogP contribution in [0.15, 0.2) is 22.1 Å². The number of ether oxygens (including phenoxy) is 2. The largest absolute Gasteiger partial charge is 0.478 e. The molecule has 2 heterocycles. The summed E-state index contributed by atoms with van der Waals surface area (Å²) in [5.74, 6) is 1.75. The van der Waals surface area contributed by atoms with Gasteiger partial charge < -0.3 is 9.47 Å². The van der Waals surface area contributed by atoms with Crippen molar-refractivity contribution < 1.29 is 9.47 Å². The van der Waals surface area contributed by atoms with Gasteiger partial charge in [-0.2, -0.15) is 0 Å². The summed E-state index contributed by atoms with van der Waals surface area (Å²) in [4.78, 5) is 9.33. The molecule has 130 valence electrons. The molecule has 0 saturated heterocycles. The number of rotatable bonds is 6. The van der Waals surface area contributed by atoms with Crippen LogP contribution >= 0.6 is 0 Å². The summed E-state index contributed by atoms with van der Waals surface area (Å²) >= 11 is 0. The van der Waals surface area contributed by atoms with Crippen LogP contribution in [0.4, 0.5) is 0 Å². The van der Waals surface area contributed by atoms with E-state index in [1.54, 1.807) is 0 Å². The monoisotopic (exact) mass is 328 g/mol. The highest BCUT2D eigenvalue weighted by Crippen LogP contribution is 2.21. The lowest BCUT2D eigenvalue weighted by atomic mass is 9.96. The Hall–Kier alpha value is -1.84. The van der Waals surface area contributed by atoms with Gasteiger partial charge in [0.2, 0.25) is 0 Å². The Bertz CT molecular complexity index is 611. The van der Waals surface area contributed by atoms with Gasteiger partial charge in [-0.3, -0.25) is 0 Å². The highest BCUT2D eigenvalue weighted by Gasteiger charge is 2.20. The zero-order valence-corrected chi connectivity index (χ0v) is 15.3. The van der Waals surface area contributed by atoms with Crippen LogP contribution in [-0.2, 0) is 22.3 Å². The molecule has 0 spiro atoms. The molecule has 0 N–H and O–H groups in total. The maximum Gasteiger partial charge on any atom is 0.188 e. The molecular weight excluding hydrogens is 300 g/mol. The van der Waals surface area contributed by atoms with E-state index in [-0.39, 0.29) is 0 Å². The van der Waals surface area contributed by atoms with E-state index in [0.29, 0.717) is 12.1 Å². The summed E-state index contributed by atoms with van der Waals surface area (Å²) in [6.07, 6.45) is 3.63. The Kier molecular flexibility index (Phi) is 5.22. The molecule has 0 unspecified atom stereocenters. The van der Waals surface area contributed by atoms with Crippen molar-refractivity contribution in [2.45, 2.75) is 65.5 Å². The van der Waals surface area contributed by atoms with Gasteiger partial charge in [-0.05, 0) is 48.9 Å². The molecule has 0 fully saturated rings. The number of nitrogens with zero attached hydrogens (tertiary/aromatic N) is 2. The fourth-order valence-electron chi connectivity index (χ4n) is 3.21. The second-order valence-corrected chi connectivity index (χ2v) is 6.85. The highest BCUT2D eigenvalue weighted by molar-refractivity contribution is 5.82. The van der Waals surface area contributed by atoms with Crippen LogP contribution in [0.5, 0.6) is 0 Å². The van der Waals surface area contributed by atoms with Crippen molar-refractivity contribution in [2.24, 2.45) is 9.98 Å². The predicted molar refractivity (Wildman–Crippen MR) is 98.3 cm³/mol. The van der Waals surface area contributed by atoms with Crippen LogP contribution in [0.1, 0.15) is 48.9 Å². The first-order valence-electron chi connectivity index (χ1n) is 9.07. The molecule has 2 atom stereocenters. The topological polar surface area (TPSA) is 43.2 Å². The van der Waals surface area contributed by atoms with E-state index in [2.05, 4.69) is 49.8 Å². The molecule has 0 aromatic heterocycles. The quantitative estimate of drug-likeness (QED) is 0.797. The van der Waals surface area contributed by atoms with Crippen LogP contribution < -0.4 is 0 Å². The smallest absolute Gasteiger partial charge is 0.188 e. The molecule has 0 radical (unpaired) electrons. The summed E-state index contributed by atoms with van der Waals surface area (Å²) in [7, 11) is 0. The third kappa shape index (κ3) is 3.80. The van der Waals surface area contributed by atoms with Crippen LogP contribution in [0.2, 0.25) is 0 Å².